The van der Waals surface area contributed by atoms with Crippen molar-refractivity contribution in [1.29, 1.82) is 0 Å². The van der Waals surface area contributed by atoms with Gasteiger partial charge in [0.05, 0.1) is 6.54 Å². The van der Waals surface area contributed by atoms with Crippen LogP contribution in [0.3, 0.4) is 0 Å². The Morgan fingerprint density at radius 1 is 1.26 bits per heavy atom. The van der Waals surface area contributed by atoms with Crippen LogP contribution in [0.5, 0.6) is 0 Å². The number of nitrogens with one attached hydrogen (secondary N) is 1. The minimum absolute atomic E-state index is 0.374. The standard InChI is InChI=1S/C14H19N3O2/c1-2-3-9-15-10-11-17-14(18)19-13(16-17)12-7-5-4-6-8-12/h4-8,15H,2-3,9-11H2,1H3. The fourth-order valence-electron chi connectivity index (χ4n) is 1.76. The van der Waals surface area contributed by atoms with E-state index in [1.165, 1.54) is 4.68 Å². The maximum Gasteiger partial charge on any atom is 0.437 e. The topological polar surface area (TPSA) is 60.1 Å². The lowest BCUT2D eigenvalue weighted by Crippen LogP contribution is -2.26. The van der Waals surface area contributed by atoms with Gasteiger partial charge in [-0.25, -0.2) is 4.79 Å². The predicted molar refractivity (Wildman–Crippen MR) is 74.0 cm³/mol. The van der Waals surface area contributed by atoms with Crippen molar-refractivity contribution in [2.45, 2.75) is 26.3 Å². The molecule has 0 spiro atoms. The maximum absolute atomic E-state index is 11.6. The van der Waals surface area contributed by atoms with E-state index in [9.17, 15) is 4.79 Å². The van der Waals surface area contributed by atoms with Crippen LogP contribution in [0.15, 0.2) is 39.5 Å². The summed E-state index contributed by atoms with van der Waals surface area (Å²) in [6.07, 6.45) is 2.30. The molecular formula is C14H19N3O2. The lowest BCUT2D eigenvalue weighted by Gasteiger charge is -2.01. The third-order valence-electron chi connectivity index (χ3n) is 2.83. The van der Waals surface area contributed by atoms with Crippen LogP contribution in [-0.4, -0.2) is 22.9 Å². The largest absolute Gasteiger partial charge is 0.437 e. The third kappa shape index (κ3) is 3.79. The van der Waals surface area contributed by atoms with E-state index in [2.05, 4.69) is 17.3 Å². The fourth-order valence-corrected chi connectivity index (χ4v) is 1.76. The molecule has 0 unspecified atom stereocenters. The molecule has 0 saturated carbocycles. The van der Waals surface area contributed by atoms with Gasteiger partial charge in [-0.15, -0.1) is 5.10 Å². The fraction of sp³-hybridized carbons (Fsp3) is 0.429. The van der Waals surface area contributed by atoms with Gasteiger partial charge < -0.3 is 9.73 Å². The van der Waals surface area contributed by atoms with Crippen molar-refractivity contribution < 1.29 is 4.42 Å². The molecule has 0 bridgehead atoms. The molecule has 0 atom stereocenters. The first-order valence-electron chi connectivity index (χ1n) is 6.65. The Morgan fingerprint density at radius 2 is 2.05 bits per heavy atom. The first-order valence-corrected chi connectivity index (χ1v) is 6.65. The zero-order valence-electron chi connectivity index (χ0n) is 11.1. The smallest absolute Gasteiger partial charge is 0.388 e. The van der Waals surface area contributed by atoms with Gasteiger partial charge in [-0.05, 0) is 25.1 Å². The Hall–Kier alpha value is -1.88. The number of benzene rings is 1. The molecule has 0 aliphatic rings. The third-order valence-corrected chi connectivity index (χ3v) is 2.83. The first-order chi connectivity index (χ1) is 9.31. The van der Waals surface area contributed by atoms with E-state index in [1.54, 1.807) is 0 Å². The summed E-state index contributed by atoms with van der Waals surface area (Å²) in [5, 5.41) is 7.46. The summed E-state index contributed by atoms with van der Waals surface area (Å²) >= 11 is 0. The van der Waals surface area contributed by atoms with Gasteiger partial charge in [-0.3, -0.25) is 0 Å². The number of hydrogen-bond acceptors (Lipinski definition) is 4. The molecule has 1 heterocycles. The Kier molecular flexibility index (Phi) is 4.92. The number of hydrogen-bond donors (Lipinski definition) is 1. The van der Waals surface area contributed by atoms with Crippen LogP contribution in [0.25, 0.3) is 11.5 Å². The molecule has 102 valence electrons. The van der Waals surface area contributed by atoms with Crippen LogP contribution in [0, 0.1) is 0 Å². The molecule has 19 heavy (non-hydrogen) atoms. The Bertz CT molecular complexity index is 545. The molecule has 1 aromatic heterocycles. The van der Waals surface area contributed by atoms with Gasteiger partial charge in [-0.2, -0.15) is 4.68 Å². The summed E-state index contributed by atoms with van der Waals surface area (Å²) in [7, 11) is 0. The van der Waals surface area contributed by atoms with Crippen LogP contribution < -0.4 is 11.1 Å². The first kappa shape index (κ1) is 13.5. The molecule has 2 rings (SSSR count). The lowest BCUT2D eigenvalue weighted by molar-refractivity contribution is 0.469. The highest BCUT2D eigenvalue weighted by Gasteiger charge is 2.08. The Labute approximate surface area is 112 Å². The van der Waals surface area contributed by atoms with Crippen LogP contribution in [-0.2, 0) is 6.54 Å². The molecule has 2 aromatic rings. The van der Waals surface area contributed by atoms with Gasteiger partial charge in [0.1, 0.15) is 0 Å². The predicted octanol–water partition coefficient (Wildman–Crippen LogP) is 1.89. The van der Waals surface area contributed by atoms with E-state index in [0.717, 1.165) is 31.5 Å². The highest BCUT2D eigenvalue weighted by atomic mass is 16.4. The van der Waals surface area contributed by atoms with E-state index in [4.69, 9.17) is 4.42 Å². The van der Waals surface area contributed by atoms with E-state index in [0.29, 0.717) is 12.4 Å². The molecule has 0 fully saturated rings. The Balaban J connectivity index is 1.96. The highest BCUT2D eigenvalue weighted by molar-refractivity contribution is 5.51. The summed E-state index contributed by atoms with van der Waals surface area (Å²) in [5.74, 6) is -0.0321. The summed E-state index contributed by atoms with van der Waals surface area (Å²) in [6.45, 7) is 4.37. The number of unbranched alkanes of at least 4 members (excludes halogenated alkanes) is 1. The van der Waals surface area contributed by atoms with Crippen molar-refractivity contribution in [2.24, 2.45) is 0 Å². The normalized spacial score (nSPS) is 10.8. The highest BCUT2D eigenvalue weighted by Crippen LogP contribution is 2.13. The molecule has 0 aliphatic heterocycles. The summed E-state index contributed by atoms with van der Waals surface area (Å²) < 4.78 is 6.51. The van der Waals surface area contributed by atoms with Crippen LogP contribution in [0.1, 0.15) is 19.8 Å². The van der Waals surface area contributed by atoms with Gasteiger partial charge >= 0.3 is 5.76 Å². The molecule has 1 N–H and O–H groups in total. The second-order valence-corrected chi connectivity index (χ2v) is 4.37. The SMILES string of the molecule is CCCCNCCn1nc(-c2ccccc2)oc1=O. The summed E-state index contributed by atoms with van der Waals surface area (Å²) in [4.78, 5) is 11.6. The molecule has 0 aliphatic carbocycles. The van der Waals surface area contributed by atoms with Crippen molar-refractivity contribution in [3.8, 4) is 11.5 Å². The number of aromatic nitrogens is 2. The van der Waals surface area contributed by atoms with Crippen LogP contribution in [0.2, 0.25) is 0 Å². The van der Waals surface area contributed by atoms with E-state index in [1.807, 2.05) is 30.3 Å². The van der Waals surface area contributed by atoms with E-state index >= 15 is 0 Å². The molecular weight excluding hydrogens is 242 g/mol. The quantitative estimate of drug-likeness (QED) is 0.773. The maximum atomic E-state index is 11.6. The van der Waals surface area contributed by atoms with Crippen molar-refractivity contribution in [3.63, 3.8) is 0 Å². The molecule has 0 amide bonds. The molecule has 0 saturated heterocycles. The van der Waals surface area contributed by atoms with Gasteiger partial charge in [0, 0.05) is 12.1 Å². The average molecular weight is 261 g/mol. The summed E-state index contributed by atoms with van der Waals surface area (Å²) in [5.41, 5.74) is 0.817. The number of rotatable bonds is 7. The molecule has 5 nitrogen and oxygen atoms in total. The van der Waals surface area contributed by atoms with Crippen LogP contribution >= 0.6 is 0 Å². The van der Waals surface area contributed by atoms with Gasteiger partial charge in [0.15, 0.2) is 0 Å². The minimum Gasteiger partial charge on any atom is -0.388 e. The lowest BCUT2D eigenvalue weighted by atomic mass is 10.2. The van der Waals surface area contributed by atoms with Gasteiger partial charge in [-0.1, -0.05) is 31.5 Å². The van der Waals surface area contributed by atoms with Gasteiger partial charge in [0.2, 0.25) is 5.89 Å². The van der Waals surface area contributed by atoms with E-state index in [-0.39, 0.29) is 0 Å². The second-order valence-electron chi connectivity index (χ2n) is 4.37. The monoisotopic (exact) mass is 261 g/mol. The molecule has 0 radical (unpaired) electrons. The Morgan fingerprint density at radius 3 is 2.79 bits per heavy atom. The van der Waals surface area contributed by atoms with Crippen molar-refractivity contribution >= 4 is 0 Å². The summed E-state index contributed by atoms with van der Waals surface area (Å²) in [6, 6.07) is 9.43. The van der Waals surface area contributed by atoms with Crippen molar-refractivity contribution in [1.82, 2.24) is 15.1 Å². The van der Waals surface area contributed by atoms with E-state index < -0.39 is 5.76 Å². The molecule has 1 aromatic carbocycles. The van der Waals surface area contributed by atoms with Crippen molar-refractivity contribution in [3.05, 3.63) is 40.9 Å². The number of nitrogens with zero attached hydrogens (tertiary/aromatic N) is 2. The van der Waals surface area contributed by atoms with Crippen LogP contribution in [0.4, 0.5) is 0 Å². The zero-order valence-corrected chi connectivity index (χ0v) is 11.1. The van der Waals surface area contributed by atoms with Crippen molar-refractivity contribution in [2.75, 3.05) is 13.1 Å². The zero-order chi connectivity index (χ0) is 13.5. The minimum atomic E-state index is -0.406. The second kappa shape index (κ2) is 6.89. The average Bonchev–Trinajstić information content (AvgIpc) is 2.81. The molecule has 5 heteroatoms. The van der Waals surface area contributed by atoms with Gasteiger partial charge in [0.25, 0.3) is 0 Å².